The summed E-state index contributed by atoms with van der Waals surface area (Å²) in [7, 11) is 3.18. The van der Waals surface area contributed by atoms with Crippen LogP contribution in [0, 0.1) is 0 Å². The predicted octanol–water partition coefficient (Wildman–Crippen LogP) is 4.01. The first kappa shape index (κ1) is 18.6. The largest absolute Gasteiger partial charge is 0.330 e. The van der Waals surface area contributed by atoms with Crippen LogP contribution in [0.2, 0.25) is 0 Å². The van der Waals surface area contributed by atoms with E-state index in [2.05, 4.69) is 20.9 Å². The van der Waals surface area contributed by atoms with E-state index in [0.717, 1.165) is 36.9 Å². The molecule has 5 rings (SSSR count). The van der Waals surface area contributed by atoms with Gasteiger partial charge in [0.15, 0.2) is 0 Å². The average molecular weight is 461 g/mol. The van der Waals surface area contributed by atoms with Crippen LogP contribution in [-0.4, -0.2) is 18.7 Å². The standard InChI is InChI=1S/C23H17BrN4O2/c1-26-19-13-28(17-11-15-5-3-4-6-18(15)25-12-17)21(14-7-9-16(24)10-8-14)20(19)22(29)27(2)23(26)30/h3-13H,1-2H3. The molecule has 0 amide bonds. The van der Waals surface area contributed by atoms with Gasteiger partial charge in [0.25, 0.3) is 5.56 Å². The normalized spacial score (nSPS) is 11.4. The topological polar surface area (TPSA) is 61.8 Å². The number of hydrogen-bond donors (Lipinski definition) is 0. The number of para-hydroxylation sites is 1. The molecule has 0 fully saturated rings. The molecule has 0 unspecified atom stereocenters. The summed E-state index contributed by atoms with van der Waals surface area (Å²) in [6.45, 7) is 0. The summed E-state index contributed by atoms with van der Waals surface area (Å²) in [5.74, 6) is 0. The monoisotopic (exact) mass is 460 g/mol. The second-order valence-electron chi connectivity index (χ2n) is 7.21. The molecule has 0 saturated heterocycles. The molecule has 0 N–H and O–H groups in total. The lowest BCUT2D eigenvalue weighted by atomic mass is 10.1. The first-order valence-corrected chi connectivity index (χ1v) is 10.2. The number of rotatable bonds is 2. The molecule has 0 radical (unpaired) electrons. The third-order valence-corrected chi connectivity index (χ3v) is 5.94. The summed E-state index contributed by atoms with van der Waals surface area (Å²) in [4.78, 5) is 30.2. The second kappa shape index (κ2) is 6.81. The van der Waals surface area contributed by atoms with Crippen LogP contribution in [-0.2, 0) is 14.1 Å². The zero-order chi connectivity index (χ0) is 21.0. The maximum Gasteiger partial charge on any atom is 0.330 e. The molecule has 3 aromatic heterocycles. The van der Waals surface area contributed by atoms with Gasteiger partial charge in [-0.1, -0.05) is 46.3 Å². The lowest BCUT2D eigenvalue weighted by Crippen LogP contribution is -2.36. The lowest BCUT2D eigenvalue weighted by Gasteiger charge is -2.11. The van der Waals surface area contributed by atoms with Gasteiger partial charge in [0, 0.05) is 30.2 Å². The van der Waals surface area contributed by atoms with Crippen molar-refractivity contribution < 1.29 is 0 Å². The van der Waals surface area contributed by atoms with Crippen LogP contribution >= 0.6 is 15.9 Å². The van der Waals surface area contributed by atoms with Crippen molar-refractivity contribution in [2.24, 2.45) is 14.1 Å². The molecule has 0 aliphatic carbocycles. The Bertz CT molecular complexity index is 1560. The van der Waals surface area contributed by atoms with E-state index in [-0.39, 0.29) is 11.2 Å². The van der Waals surface area contributed by atoms with E-state index in [0.29, 0.717) is 10.9 Å². The Morgan fingerprint density at radius 3 is 2.43 bits per heavy atom. The van der Waals surface area contributed by atoms with Crippen LogP contribution in [0.25, 0.3) is 38.8 Å². The number of aryl methyl sites for hydroxylation is 1. The number of aromatic nitrogens is 4. The fraction of sp³-hybridized carbons (Fsp3) is 0.0870. The van der Waals surface area contributed by atoms with Crippen molar-refractivity contribution in [1.29, 1.82) is 0 Å². The molecule has 148 valence electrons. The van der Waals surface area contributed by atoms with Crippen LogP contribution in [0.4, 0.5) is 0 Å². The molecule has 7 heteroatoms. The molecule has 6 nitrogen and oxygen atoms in total. The fourth-order valence-electron chi connectivity index (χ4n) is 3.83. The van der Waals surface area contributed by atoms with Gasteiger partial charge in [0.1, 0.15) is 0 Å². The minimum atomic E-state index is -0.358. The molecule has 0 saturated carbocycles. The smallest absolute Gasteiger partial charge is 0.312 e. The van der Waals surface area contributed by atoms with Gasteiger partial charge in [-0.05, 0) is 29.8 Å². The van der Waals surface area contributed by atoms with Crippen LogP contribution in [0.3, 0.4) is 0 Å². The molecule has 5 aromatic rings. The van der Waals surface area contributed by atoms with E-state index in [1.54, 1.807) is 13.2 Å². The summed E-state index contributed by atoms with van der Waals surface area (Å²) in [6, 6.07) is 17.7. The van der Waals surface area contributed by atoms with Crippen molar-refractivity contribution in [3.8, 4) is 16.9 Å². The SMILES string of the molecule is Cn1c(=O)c2c(-c3ccc(Br)cc3)n(-c3cnc4ccccc4c3)cc2n(C)c1=O. The van der Waals surface area contributed by atoms with Crippen molar-refractivity contribution in [3.63, 3.8) is 0 Å². The Kier molecular flexibility index (Phi) is 4.22. The van der Waals surface area contributed by atoms with Gasteiger partial charge >= 0.3 is 5.69 Å². The predicted molar refractivity (Wildman–Crippen MR) is 122 cm³/mol. The Morgan fingerprint density at radius 2 is 1.67 bits per heavy atom. The fourth-order valence-corrected chi connectivity index (χ4v) is 4.09. The van der Waals surface area contributed by atoms with Crippen molar-refractivity contribution in [3.05, 3.63) is 92.3 Å². The van der Waals surface area contributed by atoms with Crippen LogP contribution in [0.1, 0.15) is 0 Å². The quantitative estimate of drug-likeness (QED) is 0.399. The molecule has 30 heavy (non-hydrogen) atoms. The van der Waals surface area contributed by atoms with Gasteiger partial charge in [0.2, 0.25) is 0 Å². The molecule has 0 spiro atoms. The zero-order valence-electron chi connectivity index (χ0n) is 16.3. The molecule has 0 aliphatic rings. The van der Waals surface area contributed by atoms with Crippen LogP contribution in [0.5, 0.6) is 0 Å². The Labute approximate surface area is 179 Å². The maximum absolute atomic E-state index is 13.1. The first-order valence-electron chi connectivity index (χ1n) is 9.38. The van der Waals surface area contributed by atoms with Gasteiger partial charge in [-0.25, -0.2) is 4.79 Å². The third-order valence-electron chi connectivity index (χ3n) is 5.41. The number of pyridine rings is 1. The number of fused-ring (bicyclic) bond motifs is 2. The van der Waals surface area contributed by atoms with Crippen LogP contribution in [0.15, 0.2) is 81.1 Å². The lowest BCUT2D eigenvalue weighted by molar-refractivity contribution is 0.714. The minimum Gasteiger partial charge on any atom is -0.312 e. The summed E-state index contributed by atoms with van der Waals surface area (Å²) >= 11 is 3.47. The number of nitrogens with zero attached hydrogens (tertiary/aromatic N) is 4. The van der Waals surface area contributed by atoms with Crippen molar-refractivity contribution >= 4 is 37.7 Å². The van der Waals surface area contributed by atoms with Crippen LogP contribution < -0.4 is 11.2 Å². The summed E-state index contributed by atoms with van der Waals surface area (Å²) < 4.78 is 5.53. The number of hydrogen-bond acceptors (Lipinski definition) is 3. The van der Waals surface area contributed by atoms with Gasteiger partial charge < -0.3 is 4.57 Å². The Balaban J connectivity index is 1.93. The average Bonchev–Trinajstić information content (AvgIpc) is 3.17. The highest BCUT2D eigenvalue weighted by Gasteiger charge is 2.20. The van der Waals surface area contributed by atoms with Crippen molar-refractivity contribution in [1.82, 2.24) is 18.7 Å². The second-order valence-corrected chi connectivity index (χ2v) is 8.12. The maximum atomic E-state index is 13.1. The molecule has 0 aliphatic heterocycles. The van der Waals surface area contributed by atoms with Gasteiger partial charge in [-0.3, -0.25) is 18.9 Å². The van der Waals surface area contributed by atoms with Crippen molar-refractivity contribution in [2.45, 2.75) is 0 Å². The van der Waals surface area contributed by atoms with Gasteiger partial charge in [0.05, 0.1) is 34.0 Å². The molecule has 3 heterocycles. The van der Waals surface area contributed by atoms with E-state index in [1.165, 1.54) is 11.6 Å². The molecule has 0 bridgehead atoms. The summed E-state index contributed by atoms with van der Waals surface area (Å²) in [5, 5.41) is 1.49. The highest BCUT2D eigenvalue weighted by molar-refractivity contribution is 9.10. The summed E-state index contributed by atoms with van der Waals surface area (Å²) in [6.07, 6.45) is 3.62. The molecule has 2 aromatic carbocycles. The van der Waals surface area contributed by atoms with E-state index >= 15 is 0 Å². The highest BCUT2D eigenvalue weighted by atomic mass is 79.9. The first-order chi connectivity index (χ1) is 14.5. The van der Waals surface area contributed by atoms with E-state index < -0.39 is 0 Å². The van der Waals surface area contributed by atoms with E-state index in [4.69, 9.17) is 0 Å². The Morgan fingerprint density at radius 1 is 0.933 bits per heavy atom. The molecular formula is C23H17BrN4O2. The molecule has 0 atom stereocenters. The van der Waals surface area contributed by atoms with E-state index in [1.807, 2.05) is 65.4 Å². The highest BCUT2D eigenvalue weighted by Crippen LogP contribution is 2.32. The number of benzene rings is 2. The molecular weight excluding hydrogens is 444 g/mol. The Hall–Kier alpha value is -3.45. The van der Waals surface area contributed by atoms with Gasteiger partial charge in [-0.2, -0.15) is 0 Å². The third kappa shape index (κ3) is 2.74. The van der Waals surface area contributed by atoms with Gasteiger partial charge in [-0.15, -0.1) is 0 Å². The number of halogens is 1. The zero-order valence-corrected chi connectivity index (χ0v) is 17.9. The summed E-state index contributed by atoms with van der Waals surface area (Å²) in [5.41, 5.74) is 3.21. The van der Waals surface area contributed by atoms with Crippen molar-refractivity contribution in [2.75, 3.05) is 0 Å². The minimum absolute atomic E-state index is 0.321. The van der Waals surface area contributed by atoms with E-state index in [9.17, 15) is 9.59 Å².